The van der Waals surface area contributed by atoms with Crippen molar-refractivity contribution in [3.8, 4) is 6.07 Å². The average Bonchev–Trinajstić information content (AvgIpc) is 3.18. The number of nitrogens with one attached hydrogen (secondary N) is 1. The lowest BCUT2D eigenvalue weighted by Gasteiger charge is -2.22. The Kier molecular flexibility index (Phi) is 4.52. The standard InChI is InChI=1S/C13H13Cl2N3O/c14-9-2-5-12(11(15)8-9)17-13(19)18(7-1-6-16)10-3-4-10/h2,5,8,10H,1,3-4,7H2,(H,17,19). The molecular weight excluding hydrogens is 285 g/mol. The van der Waals surface area contributed by atoms with E-state index in [-0.39, 0.29) is 12.1 Å². The summed E-state index contributed by atoms with van der Waals surface area (Å²) in [4.78, 5) is 13.8. The van der Waals surface area contributed by atoms with Gasteiger partial charge in [-0.25, -0.2) is 4.79 Å². The molecule has 0 saturated heterocycles. The van der Waals surface area contributed by atoms with Gasteiger partial charge in [-0.3, -0.25) is 0 Å². The summed E-state index contributed by atoms with van der Waals surface area (Å²) >= 11 is 11.8. The number of carbonyl (C=O) groups is 1. The van der Waals surface area contributed by atoms with Crippen LogP contribution < -0.4 is 5.32 Å². The smallest absolute Gasteiger partial charge is 0.321 e. The van der Waals surface area contributed by atoms with Crippen LogP contribution >= 0.6 is 23.2 Å². The van der Waals surface area contributed by atoms with Gasteiger partial charge in [-0.05, 0) is 31.0 Å². The first-order valence-corrected chi connectivity index (χ1v) is 6.77. The molecule has 1 aromatic rings. The third-order valence-corrected chi connectivity index (χ3v) is 3.43. The van der Waals surface area contributed by atoms with E-state index in [0.717, 1.165) is 12.8 Å². The van der Waals surface area contributed by atoms with Crippen molar-refractivity contribution in [1.29, 1.82) is 5.26 Å². The van der Waals surface area contributed by atoms with Crippen molar-refractivity contribution >= 4 is 34.9 Å². The highest BCUT2D eigenvalue weighted by Gasteiger charge is 2.32. The maximum absolute atomic E-state index is 12.2. The normalized spacial score (nSPS) is 13.7. The molecule has 19 heavy (non-hydrogen) atoms. The number of hydrogen-bond acceptors (Lipinski definition) is 2. The van der Waals surface area contributed by atoms with Gasteiger partial charge in [0.2, 0.25) is 0 Å². The van der Waals surface area contributed by atoms with Gasteiger partial charge in [-0.1, -0.05) is 23.2 Å². The monoisotopic (exact) mass is 297 g/mol. The molecule has 0 heterocycles. The van der Waals surface area contributed by atoms with E-state index in [9.17, 15) is 4.79 Å². The Morgan fingerprint density at radius 1 is 1.47 bits per heavy atom. The van der Waals surface area contributed by atoms with Crippen molar-refractivity contribution in [2.45, 2.75) is 25.3 Å². The SMILES string of the molecule is N#CCCN(C(=O)Nc1ccc(Cl)cc1Cl)C1CC1. The second-order valence-electron chi connectivity index (χ2n) is 4.39. The Hall–Kier alpha value is -1.44. The zero-order valence-electron chi connectivity index (χ0n) is 10.2. The van der Waals surface area contributed by atoms with Crippen molar-refractivity contribution in [3.63, 3.8) is 0 Å². The molecule has 4 nitrogen and oxygen atoms in total. The van der Waals surface area contributed by atoms with Crippen molar-refractivity contribution in [1.82, 2.24) is 4.90 Å². The number of urea groups is 1. The number of rotatable bonds is 4. The van der Waals surface area contributed by atoms with E-state index < -0.39 is 0 Å². The van der Waals surface area contributed by atoms with Crippen LogP contribution in [0.15, 0.2) is 18.2 Å². The Morgan fingerprint density at radius 3 is 2.79 bits per heavy atom. The van der Waals surface area contributed by atoms with Gasteiger partial charge in [0, 0.05) is 17.6 Å². The first-order chi connectivity index (χ1) is 9.11. The van der Waals surface area contributed by atoms with E-state index in [0.29, 0.717) is 28.7 Å². The van der Waals surface area contributed by atoms with Crippen LogP contribution in [0.1, 0.15) is 19.3 Å². The fourth-order valence-corrected chi connectivity index (χ4v) is 2.24. The molecular formula is C13H13Cl2N3O. The number of hydrogen-bond donors (Lipinski definition) is 1. The average molecular weight is 298 g/mol. The first kappa shape index (κ1) is 14.0. The lowest BCUT2D eigenvalue weighted by atomic mass is 10.3. The minimum Gasteiger partial charge on any atom is -0.321 e. The molecule has 0 aliphatic heterocycles. The largest absolute Gasteiger partial charge is 0.322 e. The molecule has 1 aromatic carbocycles. The zero-order chi connectivity index (χ0) is 13.8. The van der Waals surface area contributed by atoms with Crippen LogP contribution in [0.3, 0.4) is 0 Å². The summed E-state index contributed by atoms with van der Waals surface area (Å²) in [6.07, 6.45) is 2.32. The summed E-state index contributed by atoms with van der Waals surface area (Å²) in [7, 11) is 0. The van der Waals surface area contributed by atoms with E-state index in [1.54, 1.807) is 23.1 Å². The third kappa shape index (κ3) is 3.76. The van der Waals surface area contributed by atoms with Crippen LogP contribution in [0, 0.1) is 11.3 Å². The molecule has 0 bridgehead atoms. The van der Waals surface area contributed by atoms with Crippen LogP contribution in [-0.4, -0.2) is 23.5 Å². The van der Waals surface area contributed by atoms with Crippen molar-refractivity contribution in [3.05, 3.63) is 28.2 Å². The lowest BCUT2D eigenvalue weighted by molar-refractivity contribution is 0.210. The minimum atomic E-state index is -0.220. The summed E-state index contributed by atoms with van der Waals surface area (Å²) in [5, 5.41) is 12.3. The molecule has 1 aliphatic carbocycles. The molecule has 1 saturated carbocycles. The highest BCUT2D eigenvalue weighted by molar-refractivity contribution is 6.36. The number of carbonyl (C=O) groups excluding carboxylic acids is 1. The van der Waals surface area contributed by atoms with Crippen LogP contribution in [0.25, 0.3) is 0 Å². The molecule has 0 spiro atoms. The van der Waals surface area contributed by atoms with E-state index in [2.05, 4.69) is 11.4 Å². The summed E-state index contributed by atoms with van der Waals surface area (Å²) in [6, 6.07) is 6.99. The molecule has 1 N–H and O–H groups in total. The van der Waals surface area contributed by atoms with E-state index in [4.69, 9.17) is 28.5 Å². The number of benzene rings is 1. The van der Waals surface area contributed by atoms with Crippen LogP contribution in [-0.2, 0) is 0 Å². The second kappa shape index (κ2) is 6.14. The molecule has 6 heteroatoms. The third-order valence-electron chi connectivity index (χ3n) is 2.89. The van der Waals surface area contributed by atoms with Gasteiger partial charge in [0.05, 0.1) is 23.2 Å². The van der Waals surface area contributed by atoms with Crippen molar-refractivity contribution in [2.24, 2.45) is 0 Å². The number of nitriles is 1. The van der Waals surface area contributed by atoms with Gasteiger partial charge in [0.15, 0.2) is 0 Å². The quantitative estimate of drug-likeness (QED) is 0.916. The molecule has 1 fully saturated rings. The van der Waals surface area contributed by atoms with Crippen LogP contribution in [0.4, 0.5) is 10.5 Å². The highest BCUT2D eigenvalue weighted by Crippen LogP contribution is 2.29. The molecule has 1 aliphatic rings. The molecule has 0 unspecified atom stereocenters. The summed E-state index contributed by atoms with van der Waals surface area (Å²) in [5.74, 6) is 0. The fourth-order valence-electron chi connectivity index (χ4n) is 1.78. The minimum absolute atomic E-state index is 0.220. The predicted molar refractivity (Wildman–Crippen MR) is 75.4 cm³/mol. The highest BCUT2D eigenvalue weighted by atomic mass is 35.5. The number of nitrogens with zero attached hydrogens (tertiary/aromatic N) is 2. The Morgan fingerprint density at radius 2 is 2.21 bits per heavy atom. The fraction of sp³-hybridized carbons (Fsp3) is 0.385. The number of amides is 2. The second-order valence-corrected chi connectivity index (χ2v) is 5.23. The lowest BCUT2D eigenvalue weighted by Crippen LogP contribution is -2.37. The molecule has 2 rings (SSSR count). The molecule has 0 radical (unpaired) electrons. The van der Waals surface area contributed by atoms with Gasteiger partial charge >= 0.3 is 6.03 Å². The maximum atomic E-state index is 12.2. The summed E-state index contributed by atoms with van der Waals surface area (Å²) in [6.45, 7) is 0.443. The zero-order valence-corrected chi connectivity index (χ0v) is 11.7. The van der Waals surface area contributed by atoms with E-state index in [1.807, 2.05) is 0 Å². The first-order valence-electron chi connectivity index (χ1n) is 6.01. The summed E-state index contributed by atoms with van der Waals surface area (Å²) in [5.41, 5.74) is 0.527. The topological polar surface area (TPSA) is 56.1 Å². The molecule has 2 amide bonds. The van der Waals surface area contributed by atoms with Gasteiger partial charge in [-0.2, -0.15) is 5.26 Å². The van der Waals surface area contributed by atoms with Crippen LogP contribution in [0.5, 0.6) is 0 Å². The molecule has 100 valence electrons. The summed E-state index contributed by atoms with van der Waals surface area (Å²) < 4.78 is 0. The van der Waals surface area contributed by atoms with Gasteiger partial charge in [0.25, 0.3) is 0 Å². The Labute approximate surface area is 121 Å². The Bertz CT molecular complexity index is 523. The van der Waals surface area contributed by atoms with Crippen molar-refractivity contribution in [2.75, 3.05) is 11.9 Å². The van der Waals surface area contributed by atoms with E-state index >= 15 is 0 Å². The number of halogens is 2. The van der Waals surface area contributed by atoms with Gasteiger partial charge in [0.1, 0.15) is 0 Å². The molecule has 0 atom stereocenters. The number of anilines is 1. The van der Waals surface area contributed by atoms with E-state index in [1.165, 1.54) is 0 Å². The Balaban J connectivity index is 2.04. The maximum Gasteiger partial charge on any atom is 0.322 e. The van der Waals surface area contributed by atoms with Gasteiger partial charge < -0.3 is 10.2 Å². The van der Waals surface area contributed by atoms with Crippen molar-refractivity contribution < 1.29 is 4.79 Å². The molecule has 0 aromatic heterocycles. The van der Waals surface area contributed by atoms with Gasteiger partial charge in [-0.15, -0.1) is 0 Å². The predicted octanol–water partition coefficient (Wildman–Crippen LogP) is 3.90. The van der Waals surface area contributed by atoms with Crippen LogP contribution in [0.2, 0.25) is 10.0 Å².